The number of rotatable bonds is 8. The summed E-state index contributed by atoms with van der Waals surface area (Å²) in [6.45, 7) is 8.22. The highest BCUT2D eigenvalue weighted by Crippen LogP contribution is 2.14. The molecule has 0 saturated heterocycles. The zero-order valence-corrected chi connectivity index (χ0v) is 16.5. The van der Waals surface area contributed by atoms with Gasteiger partial charge in [0.15, 0.2) is 5.96 Å². The molecule has 0 amide bonds. The lowest BCUT2D eigenvalue weighted by Gasteiger charge is -2.11. The molecule has 0 saturated carbocycles. The SMILES string of the molecule is COc1ccc(CC(C)CN=C(N)NCCC(C)C)cc1.I. The van der Waals surface area contributed by atoms with Crippen LogP contribution in [0.4, 0.5) is 0 Å². The summed E-state index contributed by atoms with van der Waals surface area (Å²) in [5.41, 5.74) is 7.16. The van der Waals surface area contributed by atoms with E-state index >= 15 is 0 Å². The van der Waals surface area contributed by atoms with Crippen LogP contribution in [0.2, 0.25) is 0 Å². The molecule has 1 aromatic carbocycles. The summed E-state index contributed by atoms with van der Waals surface area (Å²) in [6.07, 6.45) is 2.10. The Labute approximate surface area is 151 Å². The van der Waals surface area contributed by atoms with E-state index < -0.39 is 0 Å². The first-order valence-electron chi connectivity index (χ1n) is 7.68. The van der Waals surface area contributed by atoms with Gasteiger partial charge >= 0.3 is 0 Å². The molecule has 0 spiro atoms. The van der Waals surface area contributed by atoms with Gasteiger partial charge in [-0.05, 0) is 42.4 Å². The Morgan fingerprint density at radius 2 is 1.86 bits per heavy atom. The third-order valence-electron chi connectivity index (χ3n) is 3.34. The van der Waals surface area contributed by atoms with Crippen LogP contribution in [0, 0.1) is 11.8 Å². The number of nitrogens with two attached hydrogens (primary N) is 1. The van der Waals surface area contributed by atoms with Crippen LogP contribution < -0.4 is 15.8 Å². The van der Waals surface area contributed by atoms with E-state index in [0.29, 0.717) is 17.8 Å². The van der Waals surface area contributed by atoms with Gasteiger partial charge in [-0.1, -0.05) is 32.9 Å². The summed E-state index contributed by atoms with van der Waals surface area (Å²) in [7, 11) is 1.68. The summed E-state index contributed by atoms with van der Waals surface area (Å²) in [6, 6.07) is 8.19. The number of benzene rings is 1. The van der Waals surface area contributed by atoms with Crippen molar-refractivity contribution in [2.45, 2.75) is 33.6 Å². The van der Waals surface area contributed by atoms with E-state index in [1.807, 2.05) is 12.1 Å². The van der Waals surface area contributed by atoms with Crippen LogP contribution in [-0.4, -0.2) is 26.2 Å². The highest BCUT2D eigenvalue weighted by molar-refractivity contribution is 14.0. The number of hydrogen-bond acceptors (Lipinski definition) is 2. The van der Waals surface area contributed by atoms with Crippen LogP contribution in [0.1, 0.15) is 32.8 Å². The number of nitrogens with zero attached hydrogens (tertiary/aromatic N) is 1. The number of ether oxygens (including phenoxy) is 1. The van der Waals surface area contributed by atoms with Gasteiger partial charge in [-0.2, -0.15) is 0 Å². The largest absolute Gasteiger partial charge is 0.497 e. The second-order valence-corrected chi connectivity index (χ2v) is 5.99. The molecule has 0 heterocycles. The number of guanidine groups is 1. The van der Waals surface area contributed by atoms with Gasteiger partial charge < -0.3 is 15.8 Å². The van der Waals surface area contributed by atoms with Gasteiger partial charge in [0, 0.05) is 13.1 Å². The Morgan fingerprint density at radius 1 is 1.23 bits per heavy atom. The van der Waals surface area contributed by atoms with E-state index in [1.165, 1.54) is 5.56 Å². The van der Waals surface area contributed by atoms with Gasteiger partial charge in [0.1, 0.15) is 5.75 Å². The fraction of sp³-hybridized carbons (Fsp3) is 0.588. The average Bonchev–Trinajstić information content (AvgIpc) is 2.45. The summed E-state index contributed by atoms with van der Waals surface area (Å²) >= 11 is 0. The predicted molar refractivity (Wildman–Crippen MR) is 105 cm³/mol. The van der Waals surface area contributed by atoms with Crippen molar-refractivity contribution in [3.63, 3.8) is 0 Å². The number of hydrogen-bond donors (Lipinski definition) is 2. The smallest absolute Gasteiger partial charge is 0.188 e. The molecule has 1 rings (SSSR count). The molecule has 5 heteroatoms. The number of halogens is 1. The topological polar surface area (TPSA) is 59.6 Å². The summed E-state index contributed by atoms with van der Waals surface area (Å²) in [5, 5.41) is 3.16. The molecule has 0 aliphatic heterocycles. The van der Waals surface area contributed by atoms with Crippen molar-refractivity contribution in [2.75, 3.05) is 20.2 Å². The number of aliphatic imine (C=N–C) groups is 1. The third kappa shape index (κ3) is 9.12. The van der Waals surface area contributed by atoms with Gasteiger partial charge in [0.05, 0.1) is 7.11 Å². The molecule has 1 aromatic rings. The fourth-order valence-corrected chi connectivity index (χ4v) is 2.03. The highest BCUT2D eigenvalue weighted by Gasteiger charge is 2.04. The molecule has 0 aliphatic carbocycles. The maximum Gasteiger partial charge on any atom is 0.188 e. The fourth-order valence-electron chi connectivity index (χ4n) is 2.03. The highest BCUT2D eigenvalue weighted by atomic mass is 127. The van der Waals surface area contributed by atoms with Crippen LogP contribution >= 0.6 is 24.0 Å². The third-order valence-corrected chi connectivity index (χ3v) is 3.34. The van der Waals surface area contributed by atoms with Crippen molar-refractivity contribution < 1.29 is 4.74 Å². The van der Waals surface area contributed by atoms with Crippen molar-refractivity contribution in [3.8, 4) is 5.75 Å². The van der Waals surface area contributed by atoms with Crippen molar-refractivity contribution in [2.24, 2.45) is 22.6 Å². The zero-order valence-electron chi connectivity index (χ0n) is 14.1. The normalized spacial score (nSPS) is 12.7. The second-order valence-electron chi connectivity index (χ2n) is 5.99. The van der Waals surface area contributed by atoms with E-state index in [1.54, 1.807) is 7.11 Å². The maximum atomic E-state index is 5.86. The molecule has 4 nitrogen and oxygen atoms in total. The Kier molecular flexibility index (Phi) is 11.1. The summed E-state index contributed by atoms with van der Waals surface area (Å²) in [4.78, 5) is 4.41. The summed E-state index contributed by atoms with van der Waals surface area (Å²) in [5.74, 6) is 2.59. The molecule has 0 aromatic heterocycles. The lowest BCUT2D eigenvalue weighted by atomic mass is 10.0. The first-order chi connectivity index (χ1) is 10.0. The molecule has 22 heavy (non-hydrogen) atoms. The van der Waals surface area contributed by atoms with E-state index in [9.17, 15) is 0 Å². The molecule has 1 atom stereocenters. The van der Waals surface area contributed by atoms with Crippen LogP contribution in [0.15, 0.2) is 29.3 Å². The monoisotopic (exact) mass is 419 g/mol. The van der Waals surface area contributed by atoms with E-state index in [-0.39, 0.29) is 24.0 Å². The lowest BCUT2D eigenvalue weighted by molar-refractivity contribution is 0.414. The first kappa shape index (κ1) is 21.0. The Balaban J connectivity index is 0.00000441. The number of methoxy groups -OCH3 is 1. The Bertz CT molecular complexity index is 432. The molecule has 126 valence electrons. The predicted octanol–water partition coefficient (Wildman–Crippen LogP) is 3.44. The molecule has 0 bridgehead atoms. The Hall–Kier alpha value is -0.980. The standard InChI is InChI=1S/C17H29N3O.HI/c1-13(2)9-10-19-17(18)20-12-14(3)11-15-5-7-16(21-4)8-6-15;/h5-8,13-14H,9-12H2,1-4H3,(H3,18,19,20);1H. The van der Waals surface area contributed by atoms with Crippen LogP contribution in [-0.2, 0) is 6.42 Å². The van der Waals surface area contributed by atoms with Gasteiger partial charge in [-0.15, -0.1) is 24.0 Å². The lowest BCUT2D eigenvalue weighted by Crippen LogP contribution is -2.33. The molecule has 0 radical (unpaired) electrons. The zero-order chi connectivity index (χ0) is 15.7. The van der Waals surface area contributed by atoms with E-state index in [2.05, 4.69) is 43.2 Å². The van der Waals surface area contributed by atoms with Gasteiger partial charge in [0.25, 0.3) is 0 Å². The number of nitrogens with one attached hydrogen (secondary N) is 1. The van der Waals surface area contributed by atoms with Crippen LogP contribution in [0.3, 0.4) is 0 Å². The molecular formula is C17H30IN3O. The van der Waals surface area contributed by atoms with Crippen molar-refractivity contribution in [1.29, 1.82) is 0 Å². The second kappa shape index (κ2) is 11.6. The minimum absolute atomic E-state index is 0. The van der Waals surface area contributed by atoms with Gasteiger partial charge in [-0.25, -0.2) is 0 Å². The van der Waals surface area contributed by atoms with E-state index in [4.69, 9.17) is 10.5 Å². The average molecular weight is 419 g/mol. The minimum atomic E-state index is 0. The molecule has 0 aliphatic rings. The first-order valence-corrected chi connectivity index (χ1v) is 7.68. The van der Waals surface area contributed by atoms with Crippen LogP contribution in [0.5, 0.6) is 5.75 Å². The molecule has 1 unspecified atom stereocenters. The summed E-state index contributed by atoms with van der Waals surface area (Å²) < 4.78 is 5.16. The Morgan fingerprint density at radius 3 is 2.41 bits per heavy atom. The van der Waals surface area contributed by atoms with Crippen LogP contribution in [0.25, 0.3) is 0 Å². The maximum absolute atomic E-state index is 5.86. The minimum Gasteiger partial charge on any atom is -0.497 e. The molecular weight excluding hydrogens is 389 g/mol. The van der Waals surface area contributed by atoms with Crippen molar-refractivity contribution in [3.05, 3.63) is 29.8 Å². The van der Waals surface area contributed by atoms with Crippen molar-refractivity contribution in [1.82, 2.24) is 5.32 Å². The quantitative estimate of drug-likeness (QED) is 0.386. The molecule has 0 fully saturated rings. The van der Waals surface area contributed by atoms with E-state index in [0.717, 1.165) is 31.7 Å². The van der Waals surface area contributed by atoms with Gasteiger partial charge in [0.2, 0.25) is 0 Å². The van der Waals surface area contributed by atoms with Crippen molar-refractivity contribution >= 4 is 29.9 Å². The molecule has 3 N–H and O–H groups in total. The van der Waals surface area contributed by atoms with Gasteiger partial charge in [-0.3, -0.25) is 4.99 Å².